The van der Waals surface area contributed by atoms with Gasteiger partial charge >= 0.3 is 0 Å². The Bertz CT molecular complexity index is 2140. The van der Waals surface area contributed by atoms with Gasteiger partial charge in [-0.15, -0.1) is 0 Å². The number of hydrogen-bond donors (Lipinski definition) is 0. The van der Waals surface area contributed by atoms with Gasteiger partial charge in [-0.25, -0.2) is 15.0 Å². The number of hydrogen-bond acceptors (Lipinski definition) is 6. The highest BCUT2D eigenvalue weighted by Crippen LogP contribution is 2.36. The second kappa shape index (κ2) is 8.08. The van der Waals surface area contributed by atoms with Crippen LogP contribution in [0, 0.1) is 0 Å². The normalized spacial score (nSPS) is 11.7. The first-order chi connectivity index (χ1) is 18.8. The van der Waals surface area contributed by atoms with Crippen molar-refractivity contribution in [3.63, 3.8) is 0 Å². The fourth-order valence-corrected chi connectivity index (χ4v) is 5.05. The minimum atomic E-state index is 0.531. The van der Waals surface area contributed by atoms with Crippen molar-refractivity contribution in [1.29, 1.82) is 0 Å². The summed E-state index contributed by atoms with van der Waals surface area (Å²) in [5, 5.41) is 4.06. The Morgan fingerprint density at radius 3 is 1.92 bits per heavy atom. The number of para-hydroxylation sites is 2. The number of furan rings is 2. The molecule has 0 bridgehead atoms. The number of aromatic nitrogens is 4. The van der Waals surface area contributed by atoms with Crippen LogP contribution in [0.1, 0.15) is 0 Å². The number of nitrogens with zero attached hydrogens (tertiary/aromatic N) is 4. The molecular weight excluding hydrogens is 472 g/mol. The van der Waals surface area contributed by atoms with Crippen molar-refractivity contribution in [2.75, 3.05) is 0 Å². The highest BCUT2D eigenvalue weighted by molar-refractivity contribution is 6.11. The first kappa shape index (κ1) is 20.8. The van der Waals surface area contributed by atoms with Crippen LogP contribution >= 0.6 is 0 Å². The summed E-state index contributed by atoms with van der Waals surface area (Å²) in [6, 6.07) is 32.0. The molecule has 6 nitrogen and oxygen atoms in total. The zero-order chi connectivity index (χ0) is 25.1. The molecule has 4 aromatic carbocycles. The highest BCUT2D eigenvalue weighted by Gasteiger charge is 2.18. The molecule has 0 saturated carbocycles. The first-order valence-corrected chi connectivity index (χ1v) is 12.3. The fraction of sp³-hybridized carbons (Fsp3) is 0. The molecule has 0 fully saturated rings. The first-order valence-electron chi connectivity index (χ1n) is 12.3. The van der Waals surface area contributed by atoms with Gasteiger partial charge in [-0.1, -0.05) is 72.8 Å². The number of pyridine rings is 1. The van der Waals surface area contributed by atoms with Gasteiger partial charge in [0.05, 0.1) is 6.20 Å². The monoisotopic (exact) mass is 490 g/mol. The van der Waals surface area contributed by atoms with Crippen molar-refractivity contribution >= 4 is 43.9 Å². The van der Waals surface area contributed by atoms with Gasteiger partial charge in [0.1, 0.15) is 16.7 Å². The van der Waals surface area contributed by atoms with Crippen LogP contribution in [0.2, 0.25) is 0 Å². The van der Waals surface area contributed by atoms with E-state index in [1.165, 1.54) is 0 Å². The Labute approximate surface area is 216 Å². The zero-order valence-corrected chi connectivity index (χ0v) is 20.0. The second-order valence-electron chi connectivity index (χ2n) is 9.14. The van der Waals surface area contributed by atoms with Crippen LogP contribution in [0.5, 0.6) is 0 Å². The van der Waals surface area contributed by atoms with Crippen LogP contribution in [0.15, 0.2) is 118 Å². The molecular formula is C32H18N4O2. The predicted octanol–water partition coefficient (Wildman–Crippen LogP) is 8.07. The second-order valence-corrected chi connectivity index (χ2v) is 9.14. The molecule has 6 heteroatoms. The Morgan fingerprint density at radius 2 is 1.08 bits per heavy atom. The summed E-state index contributed by atoms with van der Waals surface area (Å²) < 4.78 is 12.2. The van der Waals surface area contributed by atoms with Crippen LogP contribution in [0.4, 0.5) is 0 Å². The van der Waals surface area contributed by atoms with E-state index in [-0.39, 0.29) is 0 Å². The molecule has 0 amide bonds. The van der Waals surface area contributed by atoms with Crippen molar-refractivity contribution < 1.29 is 8.83 Å². The third-order valence-electron chi connectivity index (χ3n) is 6.83. The average molecular weight is 491 g/mol. The average Bonchev–Trinajstić information content (AvgIpc) is 3.55. The van der Waals surface area contributed by atoms with E-state index >= 15 is 0 Å². The van der Waals surface area contributed by atoms with Gasteiger partial charge in [0, 0.05) is 44.4 Å². The van der Waals surface area contributed by atoms with Crippen LogP contribution in [-0.2, 0) is 0 Å². The standard InChI is InChI=1S/C32H18N4O2/c1-2-8-19(9-3-1)30-34-31(20-14-15-22-21-10-4-6-12-25(21)37-27(22)16-20)36-32(35-30)24-17-33-18-28-29(24)23-11-5-7-13-26(23)38-28/h1-18H. The van der Waals surface area contributed by atoms with Gasteiger partial charge in [-0.05, 0) is 24.3 Å². The fourth-order valence-electron chi connectivity index (χ4n) is 5.05. The van der Waals surface area contributed by atoms with Gasteiger partial charge < -0.3 is 8.83 Å². The summed E-state index contributed by atoms with van der Waals surface area (Å²) in [6.45, 7) is 0. The molecule has 8 rings (SSSR count). The van der Waals surface area contributed by atoms with Crippen molar-refractivity contribution in [3.05, 3.63) is 109 Å². The van der Waals surface area contributed by atoms with Crippen molar-refractivity contribution in [2.45, 2.75) is 0 Å². The van der Waals surface area contributed by atoms with E-state index < -0.39 is 0 Å². The summed E-state index contributed by atoms with van der Waals surface area (Å²) in [6.07, 6.45) is 3.52. The number of fused-ring (bicyclic) bond motifs is 6. The quantitative estimate of drug-likeness (QED) is 0.249. The lowest BCUT2D eigenvalue weighted by molar-refractivity contribution is 0.667. The molecule has 0 aliphatic carbocycles. The Balaban J connectivity index is 1.39. The Hall–Kier alpha value is -5.36. The predicted molar refractivity (Wildman–Crippen MR) is 148 cm³/mol. The van der Waals surface area contributed by atoms with Crippen molar-refractivity contribution in [2.24, 2.45) is 0 Å². The summed E-state index contributed by atoms with van der Waals surface area (Å²) >= 11 is 0. The maximum atomic E-state index is 6.15. The largest absolute Gasteiger partial charge is 0.456 e. The van der Waals surface area contributed by atoms with Crippen LogP contribution < -0.4 is 0 Å². The Kier molecular flexibility index (Phi) is 4.42. The van der Waals surface area contributed by atoms with Gasteiger partial charge in [-0.3, -0.25) is 4.98 Å². The minimum absolute atomic E-state index is 0.531. The van der Waals surface area contributed by atoms with Crippen LogP contribution in [0.3, 0.4) is 0 Å². The lowest BCUT2D eigenvalue weighted by Crippen LogP contribution is -2.00. The summed E-state index contributed by atoms with van der Waals surface area (Å²) in [7, 11) is 0. The molecule has 0 spiro atoms. The smallest absolute Gasteiger partial charge is 0.166 e. The van der Waals surface area contributed by atoms with Crippen LogP contribution in [0.25, 0.3) is 78.0 Å². The summed E-state index contributed by atoms with van der Waals surface area (Å²) in [5.41, 5.74) is 5.66. The molecule has 0 saturated heterocycles. The number of benzene rings is 4. The van der Waals surface area contributed by atoms with Gasteiger partial charge in [0.25, 0.3) is 0 Å². The number of rotatable bonds is 3. The topological polar surface area (TPSA) is 77.8 Å². The molecule has 0 unspecified atom stereocenters. The van der Waals surface area contributed by atoms with E-state index in [4.69, 9.17) is 23.8 Å². The molecule has 38 heavy (non-hydrogen) atoms. The molecule has 0 aliphatic heterocycles. The maximum Gasteiger partial charge on any atom is 0.166 e. The molecule has 4 heterocycles. The van der Waals surface area contributed by atoms with E-state index in [0.717, 1.165) is 55.0 Å². The molecule has 178 valence electrons. The summed E-state index contributed by atoms with van der Waals surface area (Å²) in [5.74, 6) is 1.67. The lowest BCUT2D eigenvalue weighted by Gasteiger charge is -2.09. The maximum absolute atomic E-state index is 6.15. The molecule has 0 N–H and O–H groups in total. The van der Waals surface area contributed by atoms with Crippen LogP contribution in [-0.4, -0.2) is 19.9 Å². The van der Waals surface area contributed by atoms with E-state index in [0.29, 0.717) is 23.1 Å². The third-order valence-corrected chi connectivity index (χ3v) is 6.83. The highest BCUT2D eigenvalue weighted by atomic mass is 16.3. The van der Waals surface area contributed by atoms with E-state index in [1.807, 2.05) is 84.9 Å². The third kappa shape index (κ3) is 3.21. The molecule has 0 radical (unpaired) electrons. The van der Waals surface area contributed by atoms with Gasteiger partial charge in [0.15, 0.2) is 23.1 Å². The van der Waals surface area contributed by atoms with E-state index in [9.17, 15) is 0 Å². The van der Waals surface area contributed by atoms with Crippen molar-refractivity contribution in [1.82, 2.24) is 19.9 Å². The van der Waals surface area contributed by atoms with Gasteiger partial charge in [0.2, 0.25) is 0 Å². The molecule has 0 aliphatic rings. The molecule has 4 aromatic heterocycles. The Morgan fingerprint density at radius 1 is 0.447 bits per heavy atom. The van der Waals surface area contributed by atoms with Crippen molar-refractivity contribution in [3.8, 4) is 34.2 Å². The molecule has 0 atom stereocenters. The zero-order valence-electron chi connectivity index (χ0n) is 20.0. The lowest BCUT2D eigenvalue weighted by atomic mass is 10.1. The van der Waals surface area contributed by atoms with Gasteiger partial charge in [-0.2, -0.15) is 0 Å². The summed E-state index contributed by atoms with van der Waals surface area (Å²) in [4.78, 5) is 19.2. The SMILES string of the molecule is c1ccc(-c2nc(-c3ccc4c(c3)oc3ccccc34)nc(-c3cncc4oc5ccccc5c34)n2)cc1. The van der Waals surface area contributed by atoms with E-state index in [1.54, 1.807) is 12.4 Å². The van der Waals surface area contributed by atoms with E-state index in [2.05, 4.69) is 17.1 Å². The minimum Gasteiger partial charge on any atom is -0.456 e. The molecule has 8 aromatic rings.